The fourth-order valence-electron chi connectivity index (χ4n) is 1.68. The van der Waals surface area contributed by atoms with E-state index in [1.807, 2.05) is 6.07 Å². The fourth-order valence-corrected chi connectivity index (χ4v) is 1.98. The Morgan fingerprint density at radius 3 is 2.67 bits per heavy atom. The van der Waals surface area contributed by atoms with E-state index in [-0.39, 0.29) is 12.0 Å². The monoisotopic (exact) mass is 230 g/mol. The van der Waals surface area contributed by atoms with Gasteiger partial charge in [0.05, 0.1) is 16.5 Å². The molecule has 66 valence electrons. The summed E-state index contributed by atoms with van der Waals surface area (Å²) < 4.78 is 6.31. The number of aliphatic hydroxyl groups is 1. The maximum atomic E-state index is 9.22. The summed E-state index contributed by atoms with van der Waals surface area (Å²) in [7, 11) is 0. The summed E-state index contributed by atoms with van der Waals surface area (Å²) in [6.45, 7) is 0.201. The number of hydrogen-bond acceptors (Lipinski definition) is 2. The summed E-state index contributed by atoms with van der Waals surface area (Å²) in [5.74, 6) is 0.920. The van der Waals surface area contributed by atoms with Crippen molar-refractivity contribution < 1.29 is 9.52 Å². The normalized spacial score (nSPS) is 20.5. The van der Waals surface area contributed by atoms with Crippen molar-refractivity contribution in [1.82, 2.24) is 0 Å². The molecular weight excluding hydrogens is 220 g/mol. The second kappa shape index (κ2) is 2.89. The third-order valence-corrected chi connectivity index (χ3v) is 3.12. The van der Waals surface area contributed by atoms with E-state index in [0.29, 0.717) is 0 Å². The zero-order chi connectivity index (χ0) is 8.60. The van der Waals surface area contributed by atoms with Gasteiger partial charge in [-0.3, -0.25) is 0 Å². The van der Waals surface area contributed by atoms with E-state index < -0.39 is 0 Å². The van der Waals surface area contributed by atoms with Crippen LogP contribution in [0.15, 0.2) is 21.2 Å². The highest BCUT2D eigenvalue weighted by molar-refractivity contribution is 9.10. The molecule has 1 N–H and O–H groups in total. The molecule has 1 aliphatic rings. The van der Waals surface area contributed by atoms with E-state index in [1.165, 1.54) is 6.42 Å². The van der Waals surface area contributed by atoms with E-state index in [4.69, 9.17) is 4.42 Å². The predicted octanol–water partition coefficient (Wildman–Crippen LogP) is 2.46. The van der Waals surface area contributed by atoms with Crippen LogP contribution in [0.3, 0.4) is 0 Å². The summed E-state index contributed by atoms with van der Waals surface area (Å²) in [5, 5.41) is 9.22. The predicted molar refractivity (Wildman–Crippen MR) is 49.0 cm³/mol. The SMILES string of the molecule is OCC1(c2cc(Br)co2)CCC1. The van der Waals surface area contributed by atoms with Crippen LogP contribution in [0, 0.1) is 0 Å². The van der Waals surface area contributed by atoms with Gasteiger partial charge in [0.1, 0.15) is 12.0 Å². The van der Waals surface area contributed by atoms with Crippen molar-refractivity contribution in [2.45, 2.75) is 24.7 Å². The molecule has 1 saturated carbocycles. The lowest BCUT2D eigenvalue weighted by molar-refractivity contribution is 0.0986. The maximum Gasteiger partial charge on any atom is 0.113 e. The minimum absolute atomic E-state index is 0.0635. The van der Waals surface area contributed by atoms with Crippen molar-refractivity contribution in [3.05, 3.63) is 22.6 Å². The quantitative estimate of drug-likeness (QED) is 0.848. The molecule has 0 amide bonds. The van der Waals surface area contributed by atoms with Crippen LogP contribution >= 0.6 is 15.9 Å². The summed E-state index contributed by atoms with van der Waals surface area (Å²) >= 11 is 3.33. The summed E-state index contributed by atoms with van der Waals surface area (Å²) in [4.78, 5) is 0. The number of hydrogen-bond donors (Lipinski definition) is 1. The first kappa shape index (κ1) is 8.32. The lowest BCUT2D eigenvalue weighted by Crippen LogP contribution is -2.37. The minimum atomic E-state index is -0.0635. The largest absolute Gasteiger partial charge is 0.467 e. The van der Waals surface area contributed by atoms with Gasteiger partial charge in [0.15, 0.2) is 0 Å². The molecule has 1 fully saturated rings. The first-order valence-corrected chi connectivity index (χ1v) is 4.91. The molecule has 0 saturated heterocycles. The Balaban J connectivity index is 2.27. The molecule has 0 bridgehead atoms. The molecule has 0 unspecified atom stereocenters. The van der Waals surface area contributed by atoms with E-state index in [0.717, 1.165) is 23.1 Å². The minimum Gasteiger partial charge on any atom is -0.467 e. The molecule has 1 aromatic heterocycles. The second-order valence-corrected chi connectivity index (χ2v) is 4.34. The van der Waals surface area contributed by atoms with Gasteiger partial charge < -0.3 is 9.52 Å². The molecule has 0 spiro atoms. The molecule has 0 radical (unpaired) electrons. The average molecular weight is 231 g/mol. The number of rotatable bonds is 2. The van der Waals surface area contributed by atoms with Crippen molar-refractivity contribution >= 4 is 15.9 Å². The van der Waals surface area contributed by atoms with Crippen molar-refractivity contribution in [3.63, 3.8) is 0 Å². The first-order valence-electron chi connectivity index (χ1n) is 4.12. The summed E-state index contributed by atoms with van der Waals surface area (Å²) in [6.07, 6.45) is 4.96. The second-order valence-electron chi connectivity index (χ2n) is 3.42. The van der Waals surface area contributed by atoms with E-state index >= 15 is 0 Å². The summed E-state index contributed by atoms with van der Waals surface area (Å²) in [6, 6.07) is 1.95. The van der Waals surface area contributed by atoms with Crippen LogP contribution in [0.5, 0.6) is 0 Å². The fraction of sp³-hybridized carbons (Fsp3) is 0.556. The van der Waals surface area contributed by atoms with Crippen molar-refractivity contribution in [2.75, 3.05) is 6.61 Å². The third kappa shape index (κ3) is 1.12. The van der Waals surface area contributed by atoms with Crippen molar-refractivity contribution in [3.8, 4) is 0 Å². The lowest BCUT2D eigenvalue weighted by Gasteiger charge is -2.38. The molecule has 1 heterocycles. The maximum absolute atomic E-state index is 9.22. The molecular formula is C9H11BrO2. The van der Waals surface area contributed by atoms with Gasteiger partial charge in [-0.1, -0.05) is 6.42 Å². The highest BCUT2D eigenvalue weighted by Crippen LogP contribution is 2.44. The Labute approximate surface area is 79.7 Å². The van der Waals surface area contributed by atoms with Gasteiger partial charge >= 0.3 is 0 Å². The van der Waals surface area contributed by atoms with Crippen LogP contribution in [-0.2, 0) is 5.41 Å². The van der Waals surface area contributed by atoms with Gasteiger partial charge in [0.25, 0.3) is 0 Å². The van der Waals surface area contributed by atoms with Gasteiger partial charge in [-0.05, 0) is 34.8 Å². The Hall–Kier alpha value is -0.280. The van der Waals surface area contributed by atoms with Gasteiger partial charge in [0.2, 0.25) is 0 Å². The Morgan fingerprint density at radius 2 is 2.33 bits per heavy atom. The molecule has 0 aromatic carbocycles. The van der Waals surface area contributed by atoms with E-state index in [9.17, 15) is 5.11 Å². The molecule has 12 heavy (non-hydrogen) atoms. The summed E-state index contributed by atoms with van der Waals surface area (Å²) in [5.41, 5.74) is -0.0635. The van der Waals surface area contributed by atoms with Gasteiger partial charge in [-0.15, -0.1) is 0 Å². The van der Waals surface area contributed by atoms with E-state index in [2.05, 4.69) is 15.9 Å². The van der Waals surface area contributed by atoms with Gasteiger partial charge in [-0.25, -0.2) is 0 Å². The van der Waals surface area contributed by atoms with E-state index in [1.54, 1.807) is 6.26 Å². The zero-order valence-corrected chi connectivity index (χ0v) is 8.30. The molecule has 1 aromatic rings. The van der Waals surface area contributed by atoms with Crippen LogP contribution in [0.25, 0.3) is 0 Å². The molecule has 1 aliphatic carbocycles. The number of furan rings is 1. The van der Waals surface area contributed by atoms with Crippen LogP contribution in [0.2, 0.25) is 0 Å². The number of aliphatic hydroxyl groups excluding tert-OH is 1. The highest BCUT2D eigenvalue weighted by Gasteiger charge is 2.40. The molecule has 2 nitrogen and oxygen atoms in total. The zero-order valence-electron chi connectivity index (χ0n) is 6.72. The third-order valence-electron chi connectivity index (χ3n) is 2.70. The van der Waals surface area contributed by atoms with Crippen LogP contribution in [0.4, 0.5) is 0 Å². The smallest absolute Gasteiger partial charge is 0.113 e. The Kier molecular flexibility index (Phi) is 2.00. The molecule has 3 heteroatoms. The van der Waals surface area contributed by atoms with Crippen LogP contribution in [-0.4, -0.2) is 11.7 Å². The lowest BCUT2D eigenvalue weighted by atomic mass is 9.68. The topological polar surface area (TPSA) is 33.4 Å². The van der Waals surface area contributed by atoms with Crippen molar-refractivity contribution in [1.29, 1.82) is 0 Å². The van der Waals surface area contributed by atoms with Crippen LogP contribution in [0.1, 0.15) is 25.0 Å². The first-order chi connectivity index (χ1) is 5.77. The Morgan fingerprint density at radius 1 is 1.58 bits per heavy atom. The molecule has 0 atom stereocenters. The highest BCUT2D eigenvalue weighted by atomic mass is 79.9. The van der Waals surface area contributed by atoms with Gasteiger partial charge in [0, 0.05) is 0 Å². The average Bonchev–Trinajstić information content (AvgIpc) is 2.35. The molecule has 0 aliphatic heterocycles. The Bertz CT molecular complexity index is 270. The van der Waals surface area contributed by atoms with Crippen molar-refractivity contribution in [2.24, 2.45) is 0 Å². The standard InChI is InChI=1S/C9H11BrO2/c10-7-4-8(12-5-7)9(6-11)2-1-3-9/h4-5,11H,1-3,6H2. The number of halogens is 1. The molecule has 2 rings (SSSR count). The van der Waals surface area contributed by atoms with Gasteiger partial charge in [-0.2, -0.15) is 0 Å². The van der Waals surface area contributed by atoms with Crippen LogP contribution < -0.4 is 0 Å².